The van der Waals surface area contributed by atoms with Crippen LogP contribution < -0.4 is 5.73 Å². The number of likely N-dealkylation sites (N-methyl/N-ethyl adjacent to an activating group) is 1. The standard InChI is InChI=1S/C28H30N4O4S2/c1-2-32(38(34,35)23-11-7-9-20-8-3-4-10-22(20)23)19-26(33)36-24-12-5-6-15-28(24,27(29)37)21-13-14-25-30-16-17-31(25)18-21/h3-4,7-11,13-14,16-18,24H,2,5-6,12,15,19H2,1H3,(H2,29,37). The van der Waals surface area contributed by atoms with Crippen molar-refractivity contribution in [1.82, 2.24) is 13.7 Å². The number of imidazole rings is 1. The second-order valence-corrected chi connectivity index (χ2v) is 11.9. The molecule has 0 spiro atoms. The minimum Gasteiger partial charge on any atom is -0.460 e. The van der Waals surface area contributed by atoms with Gasteiger partial charge in [0.25, 0.3) is 0 Å². The van der Waals surface area contributed by atoms with E-state index >= 15 is 0 Å². The highest BCUT2D eigenvalue weighted by molar-refractivity contribution is 7.89. The summed E-state index contributed by atoms with van der Waals surface area (Å²) < 4.78 is 36.3. The Morgan fingerprint density at radius 3 is 2.76 bits per heavy atom. The van der Waals surface area contributed by atoms with Crippen LogP contribution in [0.3, 0.4) is 0 Å². The van der Waals surface area contributed by atoms with Gasteiger partial charge >= 0.3 is 5.97 Å². The van der Waals surface area contributed by atoms with Crippen LogP contribution in [0.25, 0.3) is 16.4 Å². The first-order valence-electron chi connectivity index (χ1n) is 12.7. The van der Waals surface area contributed by atoms with Crippen molar-refractivity contribution >= 4 is 49.6 Å². The monoisotopic (exact) mass is 550 g/mol. The number of hydrogen-bond donors (Lipinski definition) is 1. The lowest BCUT2D eigenvalue weighted by molar-refractivity contribution is -0.153. The number of nitrogens with zero attached hydrogens (tertiary/aromatic N) is 3. The Bertz CT molecular complexity index is 1610. The van der Waals surface area contributed by atoms with Gasteiger partial charge in [-0.25, -0.2) is 13.4 Å². The quantitative estimate of drug-likeness (QED) is 0.259. The van der Waals surface area contributed by atoms with Crippen molar-refractivity contribution in [2.45, 2.75) is 49.0 Å². The lowest BCUT2D eigenvalue weighted by Crippen LogP contribution is -2.53. The van der Waals surface area contributed by atoms with Crippen molar-refractivity contribution in [3.63, 3.8) is 0 Å². The van der Waals surface area contributed by atoms with Crippen LogP contribution in [0.4, 0.5) is 0 Å². The minimum absolute atomic E-state index is 0.114. The van der Waals surface area contributed by atoms with E-state index in [1.165, 1.54) is 0 Å². The van der Waals surface area contributed by atoms with Crippen molar-refractivity contribution in [3.05, 3.63) is 78.8 Å². The van der Waals surface area contributed by atoms with E-state index < -0.39 is 34.1 Å². The first-order chi connectivity index (χ1) is 18.3. The van der Waals surface area contributed by atoms with E-state index in [1.54, 1.807) is 37.4 Å². The number of hydrogen-bond acceptors (Lipinski definition) is 6. The number of rotatable bonds is 8. The highest BCUT2D eigenvalue weighted by Crippen LogP contribution is 2.42. The number of fused-ring (bicyclic) bond motifs is 2. The third-order valence-electron chi connectivity index (χ3n) is 7.48. The number of ether oxygens (including phenoxy) is 1. The average molecular weight is 551 g/mol. The van der Waals surface area contributed by atoms with E-state index in [9.17, 15) is 13.2 Å². The van der Waals surface area contributed by atoms with Gasteiger partial charge in [-0.3, -0.25) is 4.79 Å². The number of sulfonamides is 1. The summed E-state index contributed by atoms with van der Waals surface area (Å²) in [7, 11) is -3.96. The van der Waals surface area contributed by atoms with E-state index in [2.05, 4.69) is 4.98 Å². The van der Waals surface area contributed by atoms with E-state index in [4.69, 9.17) is 22.7 Å². The van der Waals surface area contributed by atoms with Gasteiger partial charge in [-0.2, -0.15) is 4.31 Å². The molecule has 38 heavy (non-hydrogen) atoms. The van der Waals surface area contributed by atoms with Gasteiger partial charge in [0.05, 0.1) is 15.3 Å². The van der Waals surface area contributed by atoms with Gasteiger partial charge in [0.1, 0.15) is 18.3 Å². The largest absolute Gasteiger partial charge is 0.460 e. The van der Waals surface area contributed by atoms with Gasteiger partial charge in [-0.05, 0) is 42.3 Å². The molecule has 5 rings (SSSR count). The number of nitrogens with two attached hydrogens (primary N) is 1. The van der Waals surface area contributed by atoms with Crippen LogP contribution in [0.5, 0.6) is 0 Å². The molecule has 0 saturated heterocycles. The maximum absolute atomic E-state index is 13.6. The summed E-state index contributed by atoms with van der Waals surface area (Å²) in [6.07, 6.45) is 7.80. The Morgan fingerprint density at radius 2 is 1.97 bits per heavy atom. The number of carbonyl (C=O) groups is 1. The lowest BCUT2D eigenvalue weighted by atomic mass is 9.67. The Labute approximate surface area is 227 Å². The molecule has 2 unspecified atom stereocenters. The van der Waals surface area contributed by atoms with Gasteiger partial charge in [0.15, 0.2) is 0 Å². The molecule has 8 nitrogen and oxygen atoms in total. The second kappa shape index (κ2) is 10.4. The predicted molar refractivity (Wildman–Crippen MR) is 150 cm³/mol. The summed E-state index contributed by atoms with van der Waals surface area (Å²) in [5, 5.41) is 1.42. The van der Waals surface area contributed by atoms with Gasteiger partial charge in [0.2, 0.25) is 10.0 Å². The molecule has 2 aromatic heterocycles. The van der Waals surface area contributed by atoms with Gasteiger partial charge in [-0.15, -0.1) is 0 Å². The van der Waals surface area contributed by atoms with Crippen LogP contribution in [-0.2, 0) is 25.0 Å². The minimum atomic E-state index is -3.96. The number of pyridine rings is 1. The fourth-order valence-corrected chi connectivity index (χ4v) is 7.46. The third kappa shape index (κ3) is 4.57. The smallest absolute Gasteiger partial charge is 0.321 e. The Kier molecular flexibility index (Phi) is 7.21. The van der Waals surface area contributed by atoms with Gasteiger partial charge < -0.3 is 14.9 Å². The van der Waals surface area contributed by atoms with Crippen molar-refractivity contribution in [1.29, 1.82) is 0 Å². The zero-order chi connectivity index (χ0) is 26.9. The molecule has 10 heteroatoms. The molecule has 1 aliphatic rings. The van der Waals surface area contributed by atoms with Gasteiger partial charge in [-0.1, -0.05) is 68.0 Å². The molecular weight excluding hydrogens is 520 g/mol. The highest BCUT2D eigenvalue weighted by atomic mass is 32.2. The molecular formula is C28H30N4O4S2. The molecule has 1 fully saturated rings. The van der Waals surface area contributed by atoms with Crippen molar-refractivity contribution in [2.75, 3.05) is 13.1 Å². The molecule has 2 atom stereocenters. The fourth-order valence-electron chi connectivity index (χ4n) is 5.51. The topological polar surface area (TPSA) is 107 Å². The van der Waals surface area contributed by atoms with Crippen molar-refractivity contribution < 1.29 is 17.9 Å². The summed E-state index contributed by atoms with van der Waals surface area (Å²) >= 11 is 5.58. The van der Waals surface area contributed by atoms with Crippen LogP contribution in [0, 0.1) is 0 Å². The first-order valence-corrected chi connectivity index (χ1v) is 14.5. The summed E-state index contributed by atoms with van der Waals surface area (Å²) in [4.78, 5) is 18.0. The highest BCUT2D eigenvalue weighted by Gasteiger charge is 2.48. The van der Waals surface area contributed by atoms with E-state index in [0.717, 1.165) is 33.7 Å². The van der Waals surface area contributed by atoms with Crippen LogP contribution in [-0.4, -0.2) is 52.3 Å². The van der Waals surface area contributed by atoms with Crippen LogP contribution in [0.1, 0.15) is 38.2 Å². The number of benzene rings is 2. The first kappa shape index (κ1) is 26.3. The normalized spacial score (nSPS) is 20.1. The zero-order valence-electron chi connectivity index (χ0n) is 21.1. The number of carbonyl (C=O) groups excluding carboxylic acids is 1. The molecule has 1 saturated carbocycles. The van der Waals surface area contributed by atoms with E-state index in [0.29, 0.717) is 18.2 Å². The molecule has 2 heterocycles. The van der Waals surface area contributed by atoms with Gasteiger partial charge in [0, 0.05) is 30.5 Å². The predicted octanol–water partition coefficient (Wildman–Crippen LogP) is 4.21. The van der Waals surface area contributed by atoms with Crippen molar-refractivity contribution in [2.24, 2.45) is 5.73 Å². The summed E-state index contributed by atoms with van der Waals surface area (Å²) in [6.45, 7) is 1.41. The molecule has 4 aromatic rings. The maximum atomic E-state index is 13.6. The third-order valence-corrected chi connectivity index (χ3v) is 9.82. The number of esters is 1. The zero-order valence-corrected chi connectivity index (χ0v) is 22.7. The molecule has 2 aromatic carbocycles. The molecule has 0 radical (unpaired) electrons. The number of thiocarbonyl (C=S) groups is 1. The van der Waals surface area contributed by atoms with E-state index in [1.807, 2.05) is 47.1 Å². The number of aromatic nitrogens is 2. The lowest BCUT2D eigenvalue weighted by Gasteiger charge is -2.43. The average Bonchev–Trinajstić information content (AvgIpc) is 3.39. The summed E-state index contributed by atoms with van der Waals surface area (Å²) in [5.74, 6) is -0.633. The van der Waals surface area contributed by atoms with E-state index in [-0.39, 0.29) is 16.4 Å². The van der Waals surface area contributed by atoms with Crippen LogP contribution in [0.2, 0.25) is 0 Å². The molecule has 0 aliphatic heterocycles. The second-order valence-electron chi connectivity index (χ2n) is 9.58. The molecule has 0 bridgehead atoms. The molecule has 0 amide bonds. The maximum Gasteiger partial charge on any atom is 0.321 e. The van der Waals surface area contributed by atoms with Crippen LogP contribution in [0.15, 0.2) is 78.1 Å². The summed E-state index contributed by atoms with van der Waals surface area (Å²) in [6, 6.07) is 16.2. The molecule has 2 N–H and O–H groups in total. The summed E-state index contributed by atoms with van der Waals surface area (Å²) in [5.41, 5.74) is 7.14. The fraction of sp³-hybridized carbons (Fsp3) is 0.321. The Hall–Kier alpha value is -3.34. The Morgan fingerprint density at radius 1 is 1.18 bits per heavy atom. The molecule has 1 aliphatic carbocycles. The Balaban J connectivity index is 1.43. The van der Waals surface area contributed by atoms with Crippen LogP contribution >= 0.6 is 12.2 Å². The SMILES string of the molecule is CCN(CC(=O)OC1CCCCC1(C(N)=S)c1ccc2nccn2c1)S(=O)(=O)c1cccc2ccccc12. The van der Waals surface area contributed by atoms with Crippen molar-refractivity contribution in [3.8, 4) is 0 Å². The molecule has 198 valence electrons.